The molecule has 0 aliphatic carbocycles. The van der Waals surface area contributed by atoms with E-state index < -0.39 is 0 Å². The second-order valence-corrected chi connectivity index (χ2v) is 6.16. The number of amides is 2. The highest BCUT2D eigenvalue weighted by molar-refractivity contribution is 6.42. The normalized spacial score (nSPS) is 10.2. The van der Waals surface area contributed by atoms with Crippen molar-refractivity contribution < 1.29 is 19.1 Å². The summed E-state index contributed by atoms with van der Waals surface area (Å²) in [7, 11) is 3.05. The van der Waals surface area contributed by atoms with Crippen molar-refractivity contribution in [3.05, 3.63) is 52.5 Å². The van der Waals surface area contributed by atoms with Gasteiger partial charge in [-0.15, -0.1) is 0 Å². The summed E-state index contributed by atoms with van der Waals surface area (Å²) >= 11 is 11.9. The zero-order valence-corrected chi connectivity index (χ0v) is 15.8. The van der Waals surface area contributed by atoms with Crippen LogP contribution >= 0.6 is 23.2 Å². The van der Waals surface area contributed by atoms with Gasteiger partial charge in [0, 0.05) is 18.8 Å². The van der Waals surface area contributed by atoms with Crippen molar-refractivity contribution in [1.29, 1.82) is 0 Å². The van der Waals surface area contributed by atoms with Gasteiger partial charge in [0.1, 0.15) is 16.5 Å². The second kappa shape index (κ2) is 9.31. The van der Waals surface area contributed by atoms with Crippen LogP contribution in [-0.2, 0) is 9.59 Å². The minimum absolute atomic E-state index is 0.122. The lowest BCUT2D eigenvalue weighted by atomic mass is 10.3. The van der Waals surface area contributed by atoms with Crippen LogP contribution in [0, 0.1) is 0 Å². The molecule has 0 spiro atoms. The molecule has 2 aromatic rings. The Kier molecular flexibility index (Phi) is 7.12. The van der Waals surface area contributed by atoms with E-state index in [-0.39, 0.29) is 30.0 Å². The van der Waals surface area contributed by atoms with Crippen LogP contribution in [0.3, 0.4) is 0 Å². The molecule has 6 nitrogen and oxygen atoms in total. The predicted molar refractivity (Wildman–Crippen MR) is 101 cm³/mol. The number of carbonyl (C=O) groups is 2. The van der Waals surface area contributed by atoms with Gasteiger partial charge in [-0.05, 0) is 24.3 Å². The molecule has 2 rings (SSSR count). The van der Waals surface area contributed by atoms with Crippen LogP contribution in [0.25, 0.3) is 0 Å². The Morgan fingerprint density at radius 1 is 1.15 bits per heavy atom. The molecule has 0 saturated heterocycles. The summed E-state index contributed by atoms with van der Waals surface area (Å²) in [4.78, 5) is 25.5. The molecule has 2 aromatic carbocycles. The fraction of sp³-hybridized carbons (Fsp3) is 0.222. The lowest BCUT2D eigenvalue weighted by Crippen LogP contribution is -2.37. The zero-order valence-electron chi connectivity index (χ0n) is 14.3. The van der Waals surface area contributed by atoms with Crippen LogP contribution in [0.15, 0.2) is 42.5 Å². The van der Waals surface area contributed by atoms with E-state index in [1.807, 2.05) is 0 Å². The molecule has 0 unspecified atom stereocenters. The Morgan fingerprint density at radius 2 is 1.88 bits per heavy atom. The summed E-state index contributed by atoms with van der Waals surface area (Å²) in [6, 6.07) is 11.8. The number of anilines is 1. The molecule has 2 amide bonds. The zero-order chi connectivity index (χ0) is 19.1. The first-order valence-corrected chi connectivity index (χ1v) is 8.41. The van der Waals surface area contributed by atoms with E-state index in [1.54, 1.807) is 49.6 Å². The number of methoxy groups -OCH3 is 1. The van der Waals surface area contributed by atoms with Crippen molar-refractivity contribution in [1.82, 2.24) is 4.90 Å². The molecule has 0 heterocycles. The van der Waals surface area contributed by atoms with Gasteiger partial charge in [0.15, 0.2) is 6.61 Å². The number of ether oxygens (including phenoxy) is 2. The van der Waals surface area contributed by atoms with Crippen molar-refractivity contribution in [2.24, 2.45) is 0 Å². The highest BCUT2D eigenvalue weighted by Crippen LogP contribution is 2.31. The van der Waals surface area contributed by atoms with Gasteiger partial charge < -0.3 is 19.7 Å². The molecule has 0 fully saturated rings. The van der Waals surface area contributed by atoms with Crippen LogP contribution in [0.5, 0.6) is 11.5 Å². The molecule has 0 aromatic heterocycles. The summed E-state index contributed by atoms with van der Waals surface area (Å²) in [6.45, 7) is -0.383. The van der Waals surface area contributed by atoms with E-state index in [0.29, 0.717) is 22.2 Å². The number of likely N-dealkylation sites (N-methyl/N-ethyl adjacent to an activating group) is 1. The average Bonchev–Trinajstić information content (AvgIpc) is 2.62. The number of hydrogen-bond donors (Lipinski definition) is 1. The van der Waals surface area contributed by atoms with Gasteiger partial charge in [-0.3, -0.25) is 9.59 Å². The first kappa shape index (κ1) is 19.9. The minimum Gasteiger partial charge on any atom is -0.497 e. The van der Waals surface area contributed by atoms with E-state index in [2.05, 4.69) is 5.32 Å². The lowest BCUT2D eigenvalue weighted by molar-refractivity contribution is -0.135. The smallest absolute Gasteiger partial charge is 0.260 e. The van der Waals surface area contributed by atoms with Crippen LogP contribution in [0.1, 0.15) is 0 Å². The highest BCUT2D eigenvalue weighted by Gasteiger charge is 2.15. The van der Waals surface area contributed by atoms with E-state index in [1.165, 1.54) is 11.9 Å². The van der Waals surface area contributed by atoms with Crippen LogP contribution in [-0.4, -0.2) is 44.0 Å². The minimum atomic E-state index is -0.373. The third-order valence-electron chi connectivity index (χ3n) is 3.43. The van der Waals surface area contributed by atoms with Gasteiger partial charge in [0.2, 0.25) is 5.91 Å². The number of nitrogens with one attached hydrogen (secondary N) is 1. The lowest BCUT2D eigenvalue weighted by Gasteiger charge is -2.17. The Bertz CT molecular complexity index is 799. The highest BCUT2D eigenvalue weighted by atomic mass is 35.5. The molecule has 0 radical (unpaired) electrons. The number of hydrogen-bond acceptors (Lipinski definition) is 4. The molecule has 0 aliphatic rings. The molecule has 1 N–H and O–H groups in total. The summed E-state index contributed by atoms with van der Waals surface area (Å²) in [6.07, 6.45) is 0. The van der Waals surface area contributed by atoms with Gasteiger partial charge in [-0.25, -0.2) is 0 Å². The van der Waals surface area contributed by atoms with Gasteiger partial charge in [-0.2, -0.15) is 0 Å². The molecular weight excluding hydrogens is 379 g/mol. The number of benzene rings is 2. The Hall–Kier alpha value is -2.44. The quantitative estimate of drug-likeness (QED) is 0.777. The second-order valence-electron chi connectivity index (χ2n) is 5.37. The third kappa shape index (κ3) is 5.54. The monoisotopic (exact) mass is 396 g/mol. The molecule has 0 saturated carbocycles. The van der Waals surface area contributed by atoms with Crippen molar-refractivity contribution in [3.63, 3.8) is 0 Å². The number of rotatable bonds is 7. The molecule has 26 heavy (non-hydrogen) atoms. The summed E-state index contributed by atoms with van der Waals surface area (Å²) in [5.74, 6) is 0.220. The van der Waals surface area contributed by atoms with E-state index in [9.17, 15) is 9.59 Å². The van der Waals surface area contributed by atoms with E-state index >= 15 is 0 Å². The van der Waals surface area contributed by atoms with Gasteiger partial charge in [0.05, 0.1) is 18.7 Å². The van der Waals surface area contributed by atoms with E-state index in [4.69, 9.17) is 32.7 Å². The molecular formula is C18H18Cl2N2O4. The average molecular weight is 397 g/mol. The van der Waals surface area contributed by atoms with Crippen LogP contribution < -0.4 is 14.8 Å². The first-order chi connectivity index (χ1) is 12.4. The standard InChI is InChI=1S/C18H18Cl2N2O4/c1-22(10-16(23)21-12-5-3-6-13(9-12)25-2)17(24)11-26-15-8-4-7-14(19)18(15)20/h3-9H,10-11H2,1-2H3,(H,21,23). The number of nitrogens with zero attached hydrogens (tertiary/aromatic N) is 1. The van der Waals surface area contributed by atoms with Crippen LogP contribution in [0.2, 0.25) is 10.0 Å². The Balaban J connectivity index is 1.85. The number of halogens is 2. The van der Waals surface area contributed by atoms with Crippen molar-refractivity contribution in [3.8, 4) is 11.5 Å². The van der Waals surface area contributed by atoms with Crippen molar-refractivity contribution in [2.45, 2.75) is 0 Å². The van der Waals surface area contributed by atoms with Crippen LogP contribution in [0.4, 0.5) is 5.69 Å². The SMILES string of the molecule is COc1cccc(NC(=O)CN(C)C(=O)COc2cccc(Cl)c2Cl)c1. The maximum Gasteiger partial charge on any atom is 0.260 e. The van der Waals surface area contributed by atoms with Gasteiger partial charge in [0.25, 0.3) is 5.91 Å². The third-order valence-corrected chi connectivity index (χ3v) is 4.23. The molecule has 0 bridgehead atoms. The van der Waals surface area contributed by atoms with Crippen molar-refractivity contribution in [2.75, 3.05) is 32.6 Å². The van der Waals surface area contributed by atoms with Crippen molar-refractivity contribution >= 4 is 40.7 Å². The summed E-state index contributed by atoms with van der Waals surface area (Å²) in [5, 5.41) is 3.27. The molecule has 138 valence electrons. The van der Waals surface area contributed by atoms with E-state index in [0.717, 1.165) is 0 Å². The fourth-order valence-corrected chi connectivity index (χ4v) is 2.40. The maximum absolute atomic E-state index is 12.1. The topological polar surface area (TPSA) is 67.9 Å². The first-order valence-electron chi connectivity index (χ1n) is 7.65. The summed E-state index contributed by atoms with van der Waals surface area (Å²) < 4.78 is 10.5. The molecule has 0 aliphatic heterocycles. The number of carbonyl (C=O) groups excluding carboxylic acids is 2. The fourth-order valence-electron chi connectivity index (χ4n) is 2.05. The summed E-state index contributed by atoms with van der Waals surface area (Å²) in [5.41, 5.74) is 0.581. The Labute approximate surface area is 161 Å². The van der Waals surface area contributed by atoms with Gasteiger partial charge in [-0.1, -0.05) is 35.3 Å². The predicted octanol–water partition coefficient (Wildman–Crippen LogP) is 3.48. The molecule has 8 heteroatoms. The maximum atomic E-state index is 12.1. The Morgan fingerprint density at radius 3 is 2.62 bits per heavy atom. The largest absolute Gasteiger partial charge is 0.497 e. The van der Waals surface area contributed by atoms with Gasteiger partial charge >= 0.3 is 0 Å². The molecule has 0 atom stereocenters.